The maximum absolute atomic E-state index is 12.0. The van der Waals surface area contributed by atoms with Crippen LogP contribution in [0.1, 0.15) is 16.7 Å². The first-order valence-electron chi connectivity index (χ1n) is 3.37. The van der Waals surface area contributed by atoms with Gasteiger partial charge in [-0.15, -0.1) is 0 Å². The molecule has 0 aromatic heterocycles. The summed E-state index contributed by atoms with van der Waals surface area (Å²) in [5.41, 5.74) is 1.96. The highest BCUT2D eigenvalue weighted by molar-refractivity contribution is 5.33. The highest BCUT2D eigenvalue weighted by Crippen LogP contribution is 2.19. The van der Waals surface area contributed by atoms with Crippen LogP contribution in [-0.2, 0) is 0 Å². The first-order chi connectivity index (χ1) is 5.11. The fraction of sp³-hybridized carbons (Fsp3) is 0.222. The number of rotatable bonds is 1. The minimum absolute atomic E-state index is 0.0214. The molecule has 0 aliphatic rings. The number of benzene rings is 1. The molecule has 0 saturated carbocycles. The van der Waals surface area contributed by atoms with E-state index in [0.717, 1.165) is 11.1 Å². The lowest BCUT2D eigenvalue weighted by Gasteiger charge is -2.01. The van der Waals surface area contributed by atoms with Gasteiger partial charge in [-0.3, -0.25) is 0 Å². The molecule has 11 heavy (non-hydrogen) atoms. The van der Waals surface area contributed by atoms with Crippen molar-refractivity contribution in [2.75, 3.05) is 0 Å². The van der Waals surface area contributed by atoms with Gasteiger partial charge in [0.2, 0.25) is 0 Å². The minimum Gasteiger partial charge on any atom is -0.194 e. The second kappa shape index (κ2) is 2.99. The largest absolute Gasteiger partial charge is 0.339 e. The van der Waals surface area contributed by atoms with Crippen molar-refractivity contribution in [3.8, 4) is 0 Å². The van der Waals surface area contributed by atoms with Crippen molar-refractivity contribution in [3.05, 3.63) is 41.3 Å². The lowest BCUT2D eigenvalue weighted by atomic mass is 10.1. The molecule has 1 aromatic rings. The highest BCUT2D eigenvalue weighted by Gasteiger charge is 2.09. The molecule has 0 spiro atoms. The van der Waals surface area contributed by atoms with E-state index in [1.54, 1.807) is 6.07 Å². The second-order valence-corrected chi connectivity index (χ2v) is 2.56. The minimum atomic E-state index is -1.62. The molecule has 0 nitrogen and oxygen atoms in total. The van der Waals surface area contributed by atoms with Crippen LogP contribution in [0.5, 0.6) is 0 Å². The van der Waals surface area contributed by atoms with Gasteiger partial charge >= 0.3 is 6.43 Å². The van der Waals surface area contributed by atoms with Gasteiger partial charge in [0.15, 0.2) is 0 Å². The Morgan fingerprint density at radius 3 is 2.18 bits per heavy atom. The van der Waals surface area contributed by atoms with Crippen LogP contribution in [0.15, 0.2) is 18.2 Å². The third-order valence-corrected chi connectivity index (χ3v) is 1.73. The summed E-state index contributed by atoms with van der Waals surface area (Å²) in [6.45, 7) is 3.72. The van der Waals surface area contributed by atoms with E-state index in [-0.39, 0.29) is 5.56 Å². The van der Waals surface area contributed by atoms with E-state index < -0.39 is 6.43 Å². The SMILES string of the molecule is Cc1ccc([C](F)F)cc1C. The lowest BCUT2D eigenvalue weighted by molar-refractivity contribution is 0.324. The van der Waals surface area contributed by atoms with Crippen LogP contribution in [0, 0.1) is 20.3 Å². The number of aryl methyl sites for hydroxylation is 2. The zero-order valence-electron chi connectivity index (χ0n) is 6.49. The van der Waals surface area contributed by atoms with Gasteiger partial charge in [0.1, 0.15) is 0 Å². The summed E-state index contributed by atoms with van der Waals surface area (Å²) in [7, 11) is 0. The molecule has 0 heterocycles. The van der Waals surface area contributed by atoms with Crippen LogP contribution in [0.4, 0.5) is 8.78 Å². The average Bonchev–Trinajstić information content (AvgIpc) is 1.94. The van der Waals surface area contributed by atoms with Gasteiger partial charge in [0.25, 0.3) is 0 Å². The van der Waals surface area contributed by atoms with Gasteiger partial charge in [-0.25, -0.2) is 0 Å². The molecule has 0 unspecified atom stereocenters. The van der Waals surface area contributed by atoms with Crippen molar-refractivity contribution in [1.82, 2.24) is 0 Å². The van der Waals surface area contributed by atoms with Gasteiger partial charge in [-0.2, -0.15) is 8.78 Å². The molecular formula is C9H9F2. The zero-order chi connectivity index (χ0) is 8.43. The fourth-order valence-corrected chi connectivity index (χ4v) is 0.859. The van der Waals surface area contributed by atoms with Gasteiger partial charge in [-0.05, 0) is 31.0 Å². The maximum Gasteiger partial charge on any atom is 0.339 e. The van der Waals surface area contributed by atoms with Crippen LogP contribution in [0.3, 0.4) is 0 Å². The van der Waals surface area contributed by atoms with Crippen molar-refractivity contribution < 1.29 is 8.78 Å². The molecule has 0 bridgehead atoms. The first kappa shape index (κ1) is 8.18. The second-order valence-electron chi connectivity index (χ2n) is 2.56. The topological polar surface area (TPSA) is 0 Å². The standard InChI is InChI=1S/C9H9F2/c1-6-3-4-8(9(10)11)5-7(6)2/h3-5H,1-2H3. The molecule has 0 aliphatic heterocycles. The van der Waals surface area contributed by atoms with Crippen molar-refractivity contribution >= 4 is 0 Å². The van der Waals surface area contributed by atoms with Gasteiger partial charge in [0.05, 0.1) is 0 Å². The molecule has 1 rings (SSSR count). The van der Waals surface area contributed by atoms with Crippen molar-refractivity contribution in [2.24, 2.45) is 0 Å². The predicted molar refractivity (Wildman–Crippen MR) is 40.5 cm³/mol. The molecule has 59 valence electrons. The Balaban J connectivity index is 3.05. The fourth-order valence-electron chi connectivity index (χ4n) is 0.859. The van der Waals surface area contributed by atoms with Crippen LogP contribution < -0.4 is 0 Å². The Hall–Kier alpha value is -0.920. The molecule has 1 aromatic carbocycles. The third kappa shape index (κ3) is 1.76. The Morgan fingerprint density at radius 1 is 1.09 bits per heavy atom. The molecule has 2 heteroatoms. The summed E-state index contributed by atoms with van der Waals surface area (Å²) >= 11 is 0. The van der Waals surface area contributed by atoms with E-state index >= 15 is 0 Å². The Morgan fingerprint density at radius 2 is 1.73 bits per heavy atom. The molecular weight excluding hydrogens is 146 g/mol. The van der Waals surface area contributed by atoms with Crippen LogP contribution in [-0.4, -0.2) is 0 Å². The van der Waals surface area contributed by atoms with Crippen molar-refractivity contribution in [2.45, 2.75) is 13.8 Å². The predicted octanol–water partition coefficient (Wildman–Crippen LogP) is 3.08. The molecule has 0 saturated heterocycles. The maximum atomic E-state index is 12.0. The third-order valence-electron chi connectivity index (χ3n) is 1.73. The van der Waals surface area contributed by atoms with Crippen molar-refractivity contribution in [3.63, 3.8) is 0 Å². The van der Waals surface area contributed by atoms with Crippen LogP contribution in [0.2, 0.25) is 0 Å². The van der Waals surface area contributed by atoms with Gasteiger partial charge in [-0.1, -0.05) is 12.1 Å². The number of halogens is 2. The highest BCUT2D eigenvalue weighted by atomic mass is 19.3. The molecule has 0 N–H and O–H groups in total. The molecule has 0 aliphatic carbocycles. The van der Waals surface area contributed by atoms with Gasteiger partial charge < -0.3 is 0 Å². The van der Waals surface area contributed by atoms with E-state index in [1.807, 2.05) is 13.8 Å². The zero-order valence-corrected chi connectivity index (χ0v) is 6.49. The van der Waals surface area contributed by atoms with Crippen LogP contribution in [0.25, 0.3) is 0 Å². The average molecular weight is 155 g/mol. The van der Waals surface area contributed by atoms with E-state index in [0.29, 0.717) is 0 Å². The lowest BCUT2D eigenvalue weighted by Crippen LogP contribution is -1.87. The summed E-state index contributed by atoms with van der Waals surface area (Å²) in [5.74, 6) is 0. The Labute approximate surface area is 64.9 Å². The molecule has 0 amide bonds. The van der Waals surface area contributed by atoms with Crippen molar-refractivity contribution in [1.29, 1.82) is 0 Å². The van der Waals surface area contributed by atoms with E-state index in [9.17, 15) is 8.78 Å². The Bertz CT molecular complexity index is 254. The van der Waals surface area contributed by atoms with Crippen LogP contribution >= 0.6 is 0 Å². The normalized spacial score (nSPS) is 10.6. The summed E-state index contributed by atoms with van der Waals surface area (Å²) < 4.78 is 24.0. The molecule has 1 radical (unpaired) electrons. The number of hydrogen-bond acceptors (Lipinski definition) is 0. The van der Waals surface area contributed by atoms with E-state index in [2.05, 4.69) is 0 Å². The Kier molecular flexibility index (Phi) is 2.22. The van der Waals surface area contributed by atoms with Gasteiger partial charge in [0, 0.05) is 5.56 Å². The molecule has 0 fully saturated rings. The monoisotopic (exact) mass is 155 g/mol. The quantitative estimate of drug-likeness (QED) is 0.584. The summed E-state index contributed by atoms with van der Waals surface area (Å²) in [5, 5.41) is 0. The summed E-state index contributed by atoms with van der Waals surface area (Å²) in [4.78, 5) is 0. The van der Waals surface area contributed by atoms with E-state index in [1.165, 1.54) is 12.1 Å². The molecule has 0 atom stereocenters. The summed E-state index contributed by atoms with van der Waals surface area (Å²) in [6.07, 6.45) is -1.62. The first-order valence-corrected chi connectivity index (χ1v) is 3.37. The van der Waals surface area contributed by atoms with E-state index in [4.69, 9.17) is 0 Å². The smallest absolute Gasteiger partial charge is 0.194 e. The number of hydrogen-bond donors (Lipinski definition) is 0. The summed E-state index contributed by atoms with van der Waals surface area (Å²) in [6, 6.07) is 4.62.